The zero-order valence-corrected chi connectivity index (χ0v) is 58.7. The van der Waals surface area contributed by atoms with Crippen LogP contribution in [-0.4, -0.2) is 217 Å². The van der Waals surface area contributed by atoms with Crippen molar-refractivity contribution in [1.82, 2.24) is 72.9 Å². The number of aliphatic carboxylic acids is 2. The Kier molecular flexibility index (Phi) is 33.2. The number of imidazole rings is 1. The monoisotopic (exact) mass is 1430 g/mol. The van der Waals surface area contributed by atoms with Gasteiger partial charge in [0.1, 0.15) is 66.5 Å². The second kappa shape index (κ2) is 41.5. The van der Waals surface area contributed by atoms with Gasteiger partial charge < -0.3 is 94.7 Å². The van der Waals surface area contributed by atoms with E-state index < -0.39 is 157 Å². The number of carbonyl (C=O) groups is 12. The van der Waals surface area contributed by atoms with Crippen LogP contribution in [0.1, 0.15) is 102 Å². The van der Waals surface area contributed by atoms with E-state index in [1.807, 2.05) is 18.7 Å². The second-order valence-corrected chi connectivity index (χ2v) is 25.0. The van der Waals surface area contributed by atoms with Crippen molar-refractivity contribution in [2.75, 3.05) is 45.8 Å². The summed E-state index contributed by atoms with van der Waals surface area (Å²) in [6.07, 6.45) is 2.02. The number of hydrogen-bond acceptors (Lipinski definition) is 17. The zero-order valence-electron chi connectivity index (χ0n) is 57.9. The van der Waals surface area contributed by atoms with Crippen LogP contribution in [0.2, 0.25) is 0 Å². The molecule has 34 heteroatoms. The highest BCUT2D eigenvalue weighted by Gasteiger charge is 2.41. The number of carboxylic acids is 2. The molecule has 3 aromatic carbocycles. The van der Waals surface area contributed by atoms with Gasteiger partial charge >= 0.3 is 11.9 Å². The van der Waals surface area contributed by atoms with Gasteiger partial charge in [-0.25, -0.2) is 9.78 Å². The number of amides is 10. The van der Waals surface area contributed by atoms with Gasteiger partial charge in [0.2, 0.25) is 59.1 Å². The summed E-state index contributed by atoms with van der Waals surface area (Å²) in [5.74, 6) is -13.1. The molecule has 33 nitrogen and oxygen atoms in total. The van der Waals surface area contributed by atoms with Crippen LogP contribution in [0.3, 0.4) is 0 Å². The van der Waals surface area contributed by atoms with Crippen molar-refractivity contribution in [3.05, 3.63) is 120 Å². The van der Waals surface area contributed by atoms with E-state index in [1.165, 1.54) is 41.7 Å². The zero-order chi connectivity index (χ0) is 75.0. The van der Waals surface area contributed by atoms with Gasteiger partial charge in [0.25, 0.3) is 0 Å². The lowest BCUT2D eigenvalue weighted by molar-refractivity contribution is -0.145. The minimum atomic E-state index is -1.85. The molecular weight excluding hydrogens is 1340 g/mol. The minimum Gasteiger partial charge on any atom is -0.508 e. The first-order chi connectivity index (χ1) is 48.6. The van der Waals surface area contributed by atoms with Gasteiger partial charge in [-0.1, -0.05) is 107 Å². The fourth-order valence-corrected chi connectivity index (χ4v) is 11.1. The maximum atomic E-state index is 14.8. The topological polar surface area (TPSA) is 498 Å². The number of phenols is 1. The quantitative estimate of drug-likeness (QED) is 0.0107. The number of thiocarbonyl (C=S) groups is 1. The summed E-state index contributed by atoms with van der Waals surface area (Å²) < 4.78 is 0. The summed E-state index contributed by atoms with van der Waals surface area (Å²) in [4.78, 5) is 183. The number of aromatic amines is 1. The molecule has 1 aliphatic rings. The molecule has 4 aromatic rings. The number of nitrogens with one attached hydrogen (secondary N) is 11. The number of phenolic OH excluding ortho intramolecular Hbond substituents is 1. The fourth-order valence-electron chi connectivity index (χ4n) is 10.8. The predicted octanol–water partition coefficient (Wildman–Crippen LogP) is -1.26. The van der Waals surface area contributed by atoms with Crippen molar-refractivity contribution >= 4 is 100 Å². The van der Waals surface area contributed by atoms with E-state index >= 15 is 0 Å². The van der Waals surface area contributed by atoms with Crippen LogP contribution < -0.4 is 64.6 Å². The van der Waals surface area contributed by atoms with E-state index in [0.29, 0.717) is 59.3 Å². The number of amidine groups is 1. The molecule has 0 spiro atoms. The summed E-state index contributed by atoms with van der Waals surface area (Å²) in [6, 6.07) is 11.6. The Morgan fingerprint density at radius 1 is 0.657 bits per heavy atom. The Bertz CT molecular complexity index is 3580. The summed E-state index contributed by atoms with van der Waals surface area (Å²) in [5, 5.41) is 56.4. The highest BCUT2D eigenvalue weighted by Crippen LogP contribution is 2.22. The molecule has 102 heavy (non-hydrogen) atoms. The maximum absolute atomic E-state index is 14.8. The molecule has 552 valence electrons. The third-order valence-corrected chi connectivity index (χ3v) is 16.9. The Morgan fingerprint density at radius 2 is 1.24 bits per heavy atom. The van der Waals surface area contributed by atoms with Gasteiger partial charge in [-0.05, 0) is 86.8 Å². The lowest BCUT2D eigenvalue weighted by Crippen LogP contribution is -2.62. The van der Waals surface area contributed by atoms with Crippen LogP contribution >= 0.6 is 12.2 Å². The number of carboxylic acid groups (broad SMARTS) is 2. The van der Waals surface area contributed by atoms with E-state index in [9.17, 15) is 72.9 Å². The average molecular weight is 1440 g/mol. The number of rotatable bonds is 39. The number of hydrogen-bond donors (Lipinski definition) is 16. The number of benzene rings is 3. The van der Waals surface area contributed by atoms with E-state index in [2.05, 4.69) is 73.1 Å². The van der Waals surface area contributed by atoms with Gasteiger partial charge in [-0.15, -0.1) is 0 Å². The molecule has 9 atom stereocenters. The highest BCUT2D eigenvalue weighted by molar-refractivity contribution is 7.80. The maximum Gasteiger partial charge on any atom is 0.326 e. The molecule has 0 saturated carbocycles. The number of aromatic hydroxyl groups is 1. The molecule has 5 rings (SSSR count). The molecule has 1 saturated heterocycles. The number of guanidine groups is 1. The van der Waals surface area contributed by atoms with Gasteiger partial charge in [0.05, 0.1) is 25.8 Å². The number of likely N-dealkylation sites (tertiary alicyclic amines) is 1. The third kappa shape index (κ3) is 26.9. The molecule has 0 unspecified atom stereocenters. The number of aliphatic imine (C=N–C) groups is 2. The predicted molar refractivity (Wildman–Crippen MR) is 379 cm³/mol. The molecule has 0 radical (unpaired) electrons. The standard InChI is InChI=1S/C68H94N18O15S/c1-7-40(6)57(64(98)80-49(32-44-34-71-38-76-44)65(99)86-29-17-23-51(86)62(96)81-50(66(100)101)31-41-18-12-10-13-19-41)83-61(95)47(30-42-24-26-45(87)27-25-42)79-63(97)56(39(4)5)82-59(93)46(22-16-28-72-67(69)70)78-60(94)48(33-55(91)92)77-54(90)37-74-52(88)35-73-53(89)36-75-58(43-20-14-11-15-21-43)84-68(102)85(8-2)9-3/h10-15,18-21,24-27,34,38-40,46-51,56-57,87H,7-9,16-17,22-23,28-33,35-37H2,1-6H3,(H,71,76)(H,73,89)(H,74,88)(H,77,90)(H,78,94)(H,79,97)(H,80,98)(H,81,96)(H,82,93)(H,83,95)(H,91,92)(H,100,101)(H4,69,70,72)(H,75,84,102)/t40-,46-,47-,48-,49-,50-,51-,56-,57-/m0/s1. The first-order valence-electron chi connectivity index (χ1n) is 33.5. The smallest absolute Gasteiger partial charge is 0.326 e. The number of H-pyrrole nitrogens is 1. The van der Waals surface area contributed by atoms with Gasteiger partial charge in [0.15, 0.2) is 11.1 Å². The Labute approximate surface area is 595 Å². The summed E-state index contributed by atoms with van der Waals surface area (Å²) in [5.41, 5.74) is 13.2. The highest BCUT2D eigenvalue weighted by atomic mass is 32.1. The van der Waals surface area contributed by atoms with Crippen molar-refractivity contribution in [2.45, 2.75) is 148 Å². The molecule has 10 amide bonds. The molecule has 0 bridgehead atoms. The van der Waals surface area contributed by atoms with Gasteiger partial charge in [0, 0.05) is 62.9 Å². The van der Waals surface area contributed by atoms with Crippen LogP contribution in [0.4, 0.5) is 0 Å². The lowest BCUT2D eigenvalue weighted by Gasteiger charge is -2.32. The van der Waals surface area contributed by atoms with Crippen LogP contribution in [0.25, 0.3) is 0 Å². The molecular formula is C68H94N18O15S. The van der Waals surface area contributed by atoms with Crippen molar-refractivity contribution in [1.29, 1.82) is 0 Å². The summed E-state index contributed by atoms with van der Waals surface area (Å²) >= 11 is 5.53. The number of carbonyl (C=O) groups excluding carboxylic acids is 10. The second-order valence-electron chi connectivity index (χ2n) is 24.6. The minimum absolute atomic E-state index is 0.0217. The first kappa shape index (κ1) is 81.6. The third-order valence-electron chi connectivity index (χ3n) is 16.6. The van der Waals surface area contributed by atoms with Crippen LogP contribution in [0.5, 0.6) is 5.75 Å². The van der Waals surface area contributed by atoms with E-state index in [0.717, 1.165) is 0 Å². The Hall–Kier alpha value is -11.1. The molecule has 18 N–H and O–H groups in total. The lowest BCUT2D eigenvalue weighted by atomic mass is 9.96. The van der Waals surface area contributed by atoms with E-state index in [1.54, 1.807) is 88.4 Å². The van der Waals surface area contributed by atoms with Crippen LogP contribution in [0, 0.1) is 11.8 Å². The van der Waals surface area contributed by atoms with Crippen molar-refractivity contribution in [2.24, 2.45) is 33.3 Å². The molecule has 0 aliphatic carbocycles. The molecule has 1 aromatic heterocycles. The van der Waals surface area contributed by atoms with Gasteiger partial charge in [-0.2, -0.15) is 0 Å². The van der Waals surface area contributed by atoms with Crippen molar-refractivity contribution in [3.8, 4) is 5.75 Å². The number of nitrogens with zero attached hydrogens (tertiary/aromatic N) is 5. The SMILES string of the molecule is CC[C@H](C)[C@H](NC(=O)[C@H](Cc1ccc(O)cc1)NC(=O)[C@@H](NC(=O)[C@H](CCCN=C(N)N)NC(=O)[C@H](CC(=O)O)NC(=O)CNC(=O)CNC(=O)CN=C(NC(=S)N(CC)CC)c1ccccc1)C(C)C)C(=O)N[C@@H](Cc1cnc[nH]1)C(=O)N1CCC[C@H]1C(=O)N[C@@H](Cc1ccccc1)C(=O)O. The Balaban J connectivity index is 1.30. The average Bonchev–Trinajstić information content (AvgIpc) is 1.63. The number of nitrogens with two attached hydrogens (primary N) is 2. The normalized spacial score (nSPS) is 15.0. The molecule has 1 fully saturated rings. The van der Waals surface area contributed by atoms with E-state index in [4.69, 9.17) is 23.7 Å². The fraction of sp³-hybridized carbons (Fsp3) is 0.471. The van der Waals surface area contributed by atoms with Crippen molar-refractivity contribution < 1.29 is 72.9 Å². The number of aromatic nitrogens is 2. The van der Waals surface area contributed by atoms with Crippen molar-refractivity contribution in [3.63, 3.8) is 0 Å². The molecule has 2 heterocycles. The summed E-state index contributed by atoms with van der Waals surface area (Å²) in [6.45, 7) is 9.85. The first-order valence-corrected chi connectivity index (χ1v) is 33.9. The van der Waals surface area contributed by atoms with E-state index in [-0.39, 0.29) is 63.3 Å². The molecule has 1 aliphatic heterocycles. The van der Waals surface area contributed by atoms with Gasteiger partial charge in [-0.3, -0.25) is 62.7 Å². The van der Waals surface area contributed by atoms with Crippen LogP contribution in [-0.2, 0) is 76.8 Å². The van der Waals surface area contributed by atoms with Crippen LogP contribution in [0.15, 0.2) is 107 Å². The Morgan fingerprint density at radius 3 is 1.84 bits per heavy atom. The summed E-state index contributed by atoms with van der Waals surface area (Å²) in [7, 11) is 0. The largest absolute Gasteiger partial charge is 0.508 e.